The van der Waals surface area contributed by atoms with Gasteiger partial charge in [0.25, 0.3) is 5.91 Å². The van der Waals surface area contributed by atoms with Gasteiger partial charge in [-0.25, -0.2) is 0 Å². The molecule has 0 fully saturated rings. The normalized spacial score (nSPS) is 11.5. The molecule has 98 valence electrons. The molecule has 1 amide bonds. The SMILES string of the molecule is CSCC(C)CNC(=O)c1sccc1C#CCN. The Balaban J connectivity index is 2.59. The number of carbonyl (C=O) groups excluding carboxylic acids is 1. The van der Waals surface area contributed by atoms with Gasteiger partial charge in [0.1, 0.15) is 4.88 Å². The molecule has 0 aliphatic heterocycles. The lowest BCUT2D eigenvalue weighted by Gasteiger charge is -2.10. The Morgan fingerprint density at radius 2 is 2.44 bits per heavy atom. The van der Waals surface area contributed by atoms with Gasteiger partial charge >= 0.3 is 0 Å². The fourth-order valence-electron chi connectivity index (χ4n) is 1.42. The first-order chi connectivity index (χ1) is 8.69. The first-order valence-corrected chi connectivity index (χ1v) is 8.00. The first-order valence-electron chi connectivity index (χ1n) is 5.72. The van der Waals surface area contributed by atoms with Crippen LogP contribution in [-0.2, 0) is 0 Å². The topological polar surface area (TPSA) is 55.1 Å². The molecule has 0 aromatic carbocycles. The summed E-state index contributed by atoms with van der Waals surface area (Å²) in [6.07, 6.45) is 2.07. The third-order valence-corrected chi connectivity index (χ3v) is 4.07. The third kappa shape index (κ3) is 4.73. The maximum absolute atomic E-state index is 12.0. The molecule has 5 heteroatoms. The highest BCUT2D eigenvalue weighted by molar-refractivity contribution is 7.98. The molecule has 1 rings (SSSR count). The van der Waals surface area contributed by atoms with Crippen molar-refractivity contribution in [2.75, 3.05) is 25.1 Å². The second-order valence-corrected chi connectivity index (χ2v) is 5.77. The molecule has 3 nitrogen and oxygen atoms in total. The van der Waals surface area contributed by atoms with Crippen LogP contribution in [0.2, 0.25) is 0 Å². The highest BCUT2D eigenvalue weighted by Gasteiger charge is 2.12. The minimum Gasteiger partial charge on any atom is -0.351 e. The quantitative estimate of drug-likeness (QED) is 0.810. The largest absolute Gasteiger partial charge is 0.351 e. The molecule has 0 bridgehead atoms. The van der Waals surface area contributed by atoms with Crippen molar-refractivity contribution in [3.63, 3.8) is 0 Å². The van der Waals surface area contributed by atoms with E-state index >= 15 is 0 Å². The second kappa shape index (κ2) is 8.20. The number of rotatable bonds is 5. The van der Waals surface area contributed by atoms with Crippen LogP contribution in [0.3, 0.4) is 0 Å². The lowest BCUT2D eigenvalue weighted by atomic mass is 10.2. The average molecular weight is 282 g/mol. The van der Waals surface area contributed by atoms with E-state index in [0.717, 1.165) is 11.3 Å². The fourth-order valence-corrected chi connectivity index (χ4v) is 2.87. The minimum absolute atomic E-state index is 0.0423. The van der Waals surface area contributed by atoms with Crippen LogP contribution in [-0.4, -0.2) is 31.0 Å². The van der Waals surface area contributed by atoms with E-state index < -0.39 is 0 Å². The van der Waals surface area contributed by atoms with Gasteiger partial charge < -0.3 is 11.1 Å². The monoisotopic (exact) mass is 282 g/mol. The summed E-state index contributed by atoms with van der Waals surface area (Å²) in [6.45, 7) is 3.13. The average Bonchev–Trinajstić information content (AvgIpc) is 2.82. The molecule has 0 spiro atoms. The van der Waals surface area contributed by atoms with Crippen LogP contribution in [0.15, 0.2) is 11.4 Å². The molecule has 0 aliphatic rings. The van der Waals surface area contributed by atoms with Crippen molar-refractivity contribution >= 4 is 29.0 Å². The van der Waals surface area contributed by atoms with E-state index in [9.17, 15) is 4.79 Å². The second-order valence-electron chi connectivity index (χ2n) is 3.94. The van der Waals surface area contributed by atoms with Crippen LogP contribution in [0, 0.1) is 17.8 Å². The summed E-state index contributed by atoms with van der Waals surface area (Å²) in [6, 6.07) is 1.85. The lowest BCUT2D eigenvalue weighted by Crippen LogP contribution is -2.28. The molecule has 3 N–H and O–H groups in total. The number of amides is 1. The number of nitrogens with one attached hydrogen (secondary N) is 1. The van der Waals surface area contributed by atoms with E-state index in [2.05, 4.69) is 30.3 Å². The van der Waals surface area contributed by atoms with Crippen LogP contribution in [0.1, 0.15) is 22.2 Å². The lowest BCUT2D eigenvalue weighted by molar-refractivity contribution is 0.0953. The smallest absolute Gasteiger partial charge is 0.262 e. The predicted octanol–water partition coefficient (Wildman–Crippen LogP) is 1.79. The van der Waals surface area contributed by atoms with Crippen molar-refractivity contribution in [2.45, 2.75) is 6.92 Å². The Kier molecular flexibility index (Phi) is 6.88. The Hall–Kier alpha value is -0.960. The van der Waals surface area contributed by atoms with Crippen molar-refractivity contribution in [1.82, 2.24) is 5.32 Å². The van der Waals surface area contributed by atoms with Crippen molar-refractivity contribution in [3.8, 4) is 11.8 Å². The van der Waals surface area contributed by atoms with E-state index in [0.29, 0.717) is 23.9 Å². The molecule has 1 atom stereocenters. The summed E-state index contributed by atoms with van der Waals surface area (Å²) < 4.78 is 0. The molecule has 1 aromatic rings. The summed E-state index contributed by atoms with van der Waals surface area (Å²) in [5, 5.41) is 4.82. The minimum atomic E-state index is -0.0423. The van der Waals surface area contributed by atoms with Gasteiger partial charge in [-0.05, 0) is 29.4 Å². The van der Waals surface area contributed by atoms with Crippen molar-refractivity contribution in [2.24, 2.45) is 11.7 Å². The van der Waals surface area contributed by atoms with E-state index in [1.165, 1.54) is 11.3 Å². The van der Waals surface area contributed by atoms with Crippen LogP contribution in [0.25, 0.3) is 0 Å². The molecule has 1 aromatic heterocycles. The zero-order valence-corrected chi connectivity index (χ0v) is 12.3. The Morgan fingerprint density at radius 1 is 1.67 bits per heavy atom. The molecule has 0 saturated heterocycles. The molecule has 1 heterocycles. The van der Waals surface area contributed by atoms with E-state index in [1.54, 1.807) is 11.8 Å². The number of nitrogens with two attached hydrogens (primary N) is 1. The van der Waals surface area contributed by atoms with Crippen molar-refractivity contribution in [3.05, 3.63) is 21.9 Å². The van der Waals surface area contributed by atoms with Gasteiger partial charge in [0, 0.05) is 12.1 Å². The van der Waals surface area contributed by atoms with Crippen LogP contribution in [0.4, 0.5) is 0 Å². The summed E-state index contributed by atoms with van der Waals surface area (Å²) in [7, 11) is 0. The molecular formula is C13H18N2OS2. The van der Waals surface area contributed by atoms with Gasteiger partial charge in [-0.3, -0.25) is 4.79 Å². The first kappa shape index (κ1) is 15.1. The van der Waals surface area contributed by atoms with E-state index in [1.807, 2.05) is 11.4 Å². The number of hydrogen-bond donors (Lipinski definition) is 2. The van der Waals surface area contributed by atoms with Gasteiger partial charge in [0.05, 0.1) is 6.54 Å². The molecule has 0 aliphatic carbocycles. The van der Waals surface area contributed by atoms with Crippen molar-refractivity contribution in [1.29, 1.82) is 0 Å². The Bertz CT molecular complexity index is 445. The number of thioether (sulfide) groups is 1. The molecule has 18 heavy (non-hydrogen) atoms. The zero-order chi connectivity index (χ0) is 13.4. The van der Waals surface area contributed by atoms with Gasteiger partial charge in [0.15, 0.2) is 0 Å². The van der Waals surface area contributed by atoms with Gasteiger partial charge in [-0.15, -0.1) is 11.3 Å². The maximum Gasteiger partial charge on any atom is 0.262 e. The molecular weight excluding hydrogens is 264 g/mol. The summed E-state index contributed by atoms with van der Waals surface area (Å²) in [5.41, 5.74) is 6.09. The summed E-state index contributed by atoms with van der Waals surface area (Å²) in [5.74, 6) is 7.17. The maximum atomic E-state index is 12.0. The molecule has 0 radical (unpaired) electrons. The van der Waals surface area contributed by atoms with Crippen LogP contribution in [0.5, 0.6) is 0 Å². The fraction of sp³-hybridized carbons (Fsp3) is 0.462. The number of hydrogen-bond acceptors (Lipinski definition) is 4. The summed E-state index contributed by atoms with van der Waals surface area (Å²) >= 11 is 3.20. The van der Waals surface area contributed by atoms with Crippen LogP contribution >= 0.6 is 23.1 Å². The Labute approximate surface area is 117 Å². The number of thiophene rings is 1. The zero-order valence-electron chi connectivity index (χ0n) is 10.7. The van der Waals surface area contributed by atoms with Gasteiger partial charge in [-0.2, -0.15) is 11.8 Å². The molecule has 1 unspecified atom stereocenters. The van der Waals surface area contributed by atoms with E-state index in [-0.39, 0.29) is 5.91 Å². The Morgan fingerprint density at radius 3 is 3.11 bits per heavy atom. The van der Waals surface area contributed by atoms with Gasteiger partial charge in [0.2, 0.25) is 0 Å². The van der Waals surface area contributed by atoms with Crippen LogP contribution < -0.4 is 11.1 Å². The van der Waals surface area contributed by atoms with Crippen molar-refractivity contribution < 1.29 is 4.79 Å². The summed E-state index contributed by atoms with van der Waals surface area (Å²) in [4.78, 5) is 12.7. The van der Waals surface area contributed by atoms with Gasteiger partial charge in [-0.1, -0.05) is 18.8 Å². The predicted molar refractivity (Wildman–Crippen MR) is 80.1 cm³/mol. The number of carbonyl (C=O) groups is 1. The van der Waals surface area contributed by atoms with E-state index in [4.69, 9.17) is 5.73 Å². The molecule has 0 saturated carbocycles. The highest BCUT2D eigenvalue weighted by atomic mass is 32.2. The standard InChI is InChI=1S/C13H18N2OS2/c1-10(9-17-2)8-15-13(16)12-11(4-3-6-14)5-7-18-12/h5,7,10H,6,8-9,14H2,1-2H3,(H,15,16). The third-order valence-electron chi connectivity index (χ3n) is 2.26. The highest BCUT2D eigenvalue weighted by Crippen LogP contribution is 2.15.